The number of likely N-dealkylation sites (tertiary alicyclic amines) is 2. The summed E-state index contributed by atoms with van der Waals surface area (Å²) in [6.45, 7) is 4.11. The third-order valence-electron chi connectivity index (χ3n) is 11.2. The number of nitrogens with two attached hydrogens (primary N) is 2. The number of rotatable bonds is 21. The number of carbonyl (C=O) groups is 8. The van der Waals surface area contributed by atoms with E-state index in [1.54, 1.807) is 18.2 Å². The third kappa shape index (κ3) is 16.8. The van der Waals surface area contributed by atoms with Crippen molar-refractivity contribution in [1.29, 1.82) is 0 Å². The molecule has 3 aromatic rings. The SMILES string of the molecule is CC(C)C[C@H](NC(=O)CNC(=O)/C=C/c1ccccc1)C(=O)N1CCC[C@H]1C(N)=O.COc1cc(/C=C/C(=O)NCC(=O)N[C@@H](Cc2ccccc2)C(=O)N2CCC[C@H]2C(N)=O)cc(OC)c1OC. The molecule has 3 aromatic carbocycles. The Morgan fingerprint density at radius 3 is 1.54 bits per heavy atom. The van der Waals surface area contributed by atoms with Crippen LogP contribution in [0.3, 0.4) is 0 Å². The molecule has 2 fully saturated rings. The van der Waals surface area contributed by atoms with Crippen LogP contribution in [0.15, 0.2) is 84.9 Å². The summed E-state index contributed by atoms with van der Waals surface area (Å²) in [5.41, 5.74) is 13.2. The highest BCUT2D eigenvalue weighted by atomic mass is 16.5. The molecule has 2 aliphatic heterocycles. The van der Waals surface area contributed by atoms with Gasteiger partial charge in [0.2, 0.25) is 53.0 Å². The maximum Gasteiger partial charge on any atom is 0.246 e. The Morgan fingerprint density at radius 2 is 1.09 bits per heavy atom. The second-order valence-corrected chi connectivity index (χ2v) is 16.7. The summed E-state index contributed by atoms with van der Waals surface area (Å²) in [7, 11) is 4.47. The van der Waals surface area contributed by atoms with E-state index in [0.717, 1.165) is 11.1 Å². The van der Waals surface area contributed by atoms with Gasteiger partial charge in [-0.25, -0.2) is 0 Å². The Kier molecular flexibility index (Phi) is 21.2. The van der Waals surface area contributed by atoms with Crippen molar-refractivity contribution in [1.82, 2.24) is 31.1 Å². The van der Waals surface area contributed by atoms with Gasteiger partial charge in [-0.05, 0) is 79.0 Å². The van der Waals surface area contributed by atoms with Gasteiger partial charge in [0.1, 0.15) is 24.2 Å². The number of methoxy groups -OCH3 is 3. The van der Waals surface area contributed by atoms with E-state index in [2.05, 4.69) is 21.3 Å². The molecule has 19 heteroatoms. The van der Waals surface area contributed by atoms with Crippen molar-refractivity contribution >= 4 is 59.4 Å². The van der Waals surface area contributed by atoms with Crippen LogP contribution in [0.1, 0.15) is 62.6 Å². The van der Waals surface area contributed by atoms with Gasteiger partial charge in [0.25, 0.3) is 0 Å². The van der Waals surface area contributed by atoms with Gasteiger partial charge in [0.15, 0.2) is 11.5 Å². The van der Waals surface area contributed by atoms with Gasteiger partial charge in [-0.1, -0.05) is 74.5 Å². The van der Waals surface area contributed by atoms with Crippen molar-refractivity contribution in [2.75, 3.05) is 47.5 Å². The van der Waals surface area contributed by atoms with Crippen molar-refractivity contribution in [3.05, 3.63) is 102 Å². The first-order valence-corrected chi connectivity index (χ1v) is 22.6. The molecular formula is C50H64N8O11. The molecule has 0 spiro atoms. The first-order chi connectivity index (χ1) is 33.0. The zero-order valence-corrected chi connectivity index (χ0v) is 39.7. The summed E-state index contributed by atoms with van der Waals surface area (Å²) in [6.07, 6.45) is 8.83. The van der Waals surface area contributed by atoms with Gasteiger partial charge in [-0.3, -0.25) is 38.4 Å². The molecule has 0 radical (unpaired) electrons. The number of primary amides is 2. The van der Waals surface area contributed by atoms with E-state index in [4.69, 9.17) is 25.7 Å². The van der Waals surface area contributed by atoms with E-state index in [1.807, 2.05) is 74.5 Å². The normalized spacial score (nSPS) is 16.2. The van der Waals surface area contributed by atoms with Crippen LogP contribution in [0, 0.1) is 5.92 Å². The van der Waals surface area contributed by atoms with Crippen molar-refractivity contribution in [2.24, 2.45) is 17.4 Å². The minimum atomic E-state index is -0.925. The molecule has 0 aliphatic carbocycles. The molecule has 8 amide bonds. The molecule has 0 aromatic heterocycles. The number of carbonyl (C=O) groups excluding carboxylic acids is 8. The quantitative estimate of drug-likeness (QED) is 0.0840. The molecule has 19 nitrogen and oxygen atoms in total. The predicted octanol–water partition coefficient (Wildman–Crippen LogP) is 1.87. The van der Waals surface area contributed by atoms with E-state index >= 15 is 0 Å². The van der Waals surface area contributed by atoms with E-state index in [1.165, 1.54) is 49.4 Å². The Balaban J connectivity index is 0.000000311. The molecule has 5 rings (SSSR count). The van der Waals surface area contributed by atoms with Gasteiger partial charge in [-0.2, -0.15) is 0 Å². The molecule has 2 saturated heterocycles. The summed E-state index contributed by atoms with van der Waals surface area (Å²) in [4.78, 5) is 102. The number of hydrogen-bond acceptors (Lipinski definition) is 11. The van der Waals surface area contributed by atoms with E-state index in [-0.39, 0.29) is 37.2 Å². The minimum absolute atomic E-state index is 0.150. The van der Waals surface area contributed by atoms with Crippen molar-refractivity contribution in [2.45, 2.75) is 76.5 Å². The number of nitrogens with zero attached hydrogens (tertiary/aromatic N) is 2. The molecule has 8 N–H and O–H groups in total. The Bertz CT molecular complexity index is 2300. The Labute approximate surface area is 402 Å². The van der Waals surface area contributed by atoms with Gasteiger partial charge >= 0.3 is 0 Å². The smallest absolute Gasteiger partial charge is 0.246 e. The zero-order valence-electron chi connectivity index (χ0n) is 39.7. The largest absolute Gasteiger partial charge is 0.493 e. The van der Waals surface area contributed by atoms with Crippen LogP contribution in [-0.4, -0.2) is 129 Å². The topological polar surface area (TPSA) is 271 Å². The molecule has 69 heavy (non-hydrogen) atoms. The van der Waals surface area contributed by atoms with E-state index < -0.39 is 59.6 Å². The molecule has 0 unspecified atom stereocenters. The van der Waals surface area contributed by atoms with Gasteiger partial charge < -0.3 is 56.7 Å². The average molecular weight is 953 g/mol. The Morgan fingerprint density at radius 1 is 0.638 bits per heavy atom. The maximum absolute atomic E-state index is 13.3. The molecule has 4 atom stereocenters. The van der Waals surface area contributed by atoms with Crippen LogP contribution in [0.2, 0.25) is 0 Å². The van der Waals surface area contributed by atoms with E-state index in [9.17, 15) is 38.4 Å². The number of nitrogens with one attached hydrogen (secondary N) is 4. The fourth-order valence-corrected chi connectivity index (χ4v) is 7.84. The summed E-state index contributed by atoms with van der Waals surface area (Å²) < 4.78 is 15.9. The van der Waals surface area contributed by atoms with Gasteiger partial charge in [-0.15, -0.1) is 0 Å². The van der Waals surface area contributed by atoms with Crippen LogP contribution >= 0.6 is 0 Å². The van der Waals surface area contributed by atoms with Crippen LogP contribution in [-0.2, 0) is 44.8 Å². The van der Waals surface area contributed by atoms with E-state index in [0.29, 0.717) is 68.0 Å². The summed E-state index contributed by atoms with van der Waals surface area (Å²) in [5.74, 6) is -2.30. The lowest BCUT2D eigenvalue weighted by Crippen LogP contribution is -2.54. The number of benzene rings is 3. The summed E-state index contributed by atoms with van der Waals surface area (Å²) in [5, 5.41) is 10.4. The van der Waals surface area contributed by atoms with Gasteiger partial charge in [0.05, 0.1) is 34.4 Å². The second-order valence-electron chi connectivity index (χ2n) is 16.7. The molecule has 0 saturated carbocycles. The molecule has 2 heterocycles. The first-order valence-electron chi connectivity index (χ1n) is 22.6. The summed E-state index contributed by atoms with van der Waals surface area (Å²) >= 11 is 0. The molecule has 0 bridgehead atoms. The predicted molar refractivity (Wildman–Crippen MR) is 258 cm³/mol. The first kappa shape index (κ1) is 53.9. The lowest BCUT2D eigenvalue weighted by molar-refractivity contribution is -0.141. The fourth-order valence-electron chi connectivity index (χ4n) is 7.84. The number of ether oxygens (including phenoxy) is 3. The standard InChI is InChI=1S/C28H34N4O7.C22H30N4O4/c1-37-22-15-19(16-23(38-2)26(22)39-3)11-12-24(33)30-17-25(34)31-20(14-18-8-5-4-6-9-18)28(36)32-13-7-10-21(32)27(29)35;1-15(2)13-17(22(30)26-12-6-9-18(26)21(23)29)25-20(28)14-24-19(27)11-10-16-7-4-3-5-8-16/h4-6,8-9,11-12,15-16,20-21H,7,10,13-14,17H2,1-3H3,(H2,29,35)(H,30,33)(H,31,34);3-5,7-8,10-11,15,17-18H,6,9,12-14H2,1-2H3,(H2,23,29)(H,24,27)(H,25,28)/b12-11+;11-10+/t20-,21-;17-,18-/m00/s1. The molecule has 370 valence electrons. The fraction of sp³-hybridized carbons (Fsp3) is 0.400. The highest BCUT2D eigenvalue weighted by Crippen LogP contribution is 2.38. The third-order valence-corrected chi connectivity index (χ3v) is 11.2. The van der Waals surface area contributed by atoms with Crippen LogP contribution < -0.4 is 46.9 Å². The molecular weight excluding hydrogens is 889 g/mol. The zero-order chi connectivity index (χ0) is 50.5. The highest BCUT2D eigenvalue weighted by molar-refractivity contribution is 5.97. The summed E-state index contributed by atoms with van der Waals surface area (Å²) in [6, 6.07) is 18.9. The lowest BCUT2D eigenvalue weighted by atomic mass is 10.0. The monoisotopic (exact) mass is 952 g/mol. The average Bonchev–Trinajstić information content (AvgIpc) is 4.05. The lowest BCUT2D eigenvalue weighted by Gasteiger charge is -2.28. The molecule has 2 aliphatic rings. The Hall–Kier alpha value is -7.70. The number of amides is 8. The number of hydrogen-bond donors (Lipinski definition) is 6. The maximum atomic E-state index is 13.3. The second kappa shape index (κ2) is 27.2. The highest BCUT2D eigenvalue weighted by Gasteiger charge is 2.38. The van der Waals surface area contributed by atoms with Gasteiger partial charge in [0, 0.05) is 31.7 Å². The van der Waals surface area contributed by atoms with Crippen molar-refractivity contribution < 1.29 is 52.6 Å². The minimum Gasteiger partial charge on any atom is -0.493 e. The van der Waals surface area contributed by atoms with Crippen molar-refractivity contribution in [3.8, 4) is 17.2 Å². The van der Waals surface area contributed by atoms with Crippen LogP contribution in [0.5, 0.6) is 17.2 Å². The van der Waals surface area contributed by atoms with Crippen LogP contribution in [0.25, 0.3) is 12.2 Å². The van der Waals surface area contributed by atoms with Crippen LogP contribution in [0.4, 0.5) is 0 Å². The van der Waals surface area contributed by atoms with Crippen molar-refractivity contribution in [3.63, 3.8) is 0 Å².